The first kappa shape index (κ1) is 20.8. The maximum absolute atomic E-state index is 13.0. The maximum Gasteiger partial charge on any atom is 0.269 e. The van der Waals surface area contributed by atoms with Crippen LogP contribution in [0.1, 0.15) is 22.7 Å². The summed E-state index contributed by atoms with van der Waals surface area (Å²) >= 11 is 0. The zero-order valence-corrected chi connectivity index (χ0v) is 16.3. The molecule has 1 aromatic heterocycles. The molecule has 0 spiro atoms. The molecule has 3 aromatic rings. The van der Waals surface area contributed by atoms with Gasteiger partial charge in [-0.05, 0) is 36.4 Å². The summed E-state index contributed by atoms with van der Waals surface area (Å²) < 4.78 is 28.3. The molecule has 10 heteroatoms. The van der Waals surface area contributed by atoms with Crippen molar-refractivity contribution in [3.8, 4) is 22.9 Å². The zero-order chi connectivity index (χ0) is 21.5. The van der Waals surface area contributed by atoms with Gasteiger partial charge in [-0.2, -0.15) is 4.98 Å². The molecular formula is C20H19FN4O5. The Kier molecular flexibility index (Phi) is 6.58. The van der Waals surface area contributed by atoms with E-state index in [0.717, 1.165) is 0 Å². The number of ether oxygens (including phenoxy) is 2. The SMILES string of the molecule is COc1cc(OC)cc(C(=O)NNC(=O)CCc2nc(-c3ccc(F)cc3)no2)c1. The molecule has 156 valence electrons. The van der Waals surface area contributed by atoms with E-state index in [1.54, 1.807) is 6.07 Å². The molecule has 3 rings (SSSR count). The molecular weight excluding hydrogens is 395 g/mol. The number of methoxy groups -OCH3 is 2. The number of benzene rings is 2. The molecule has 0 aliphatic heterocycles. The van der Waals surface area contributed by atoms with Gasteiger partial charge in [0, 0.05) is 30.0 Å². The summed E-state index contributed by atoms with van der Waals surface area (Å²) in [6.07, 6.45) is 0.176. The molecule has 30 heavy (non-hydrogen) atoms. The molecule has 0 unspecified atom stereocenters. The predicted molar refractivity (Wildman–Crippen MR) is 103 cm³/mol. The van der Waals surface area contributed by atoms with Gasteiger partial charge in [-0.15, -0.1) is 0 Å². The van der Waals surface area contributed by atoms with E-state index in [4.69, 9.17) is 14.0 Å². The van der Waals surface area contributed by atoms with E-state index in [2.05, 4.69) is 21.0 Å². The van der Waals surface area contributed by atoms with Crippen molar-refractivity contribution >= 4 is 11.8 Å². The van der Waals surface area contributed by atoms with Gasteiger partial charge in [-0.1, -0.05) is 5.16 Å². The molecule has 0 aliphatic carbocycles. The fourth-order valence-electron chi connectivity index (χ4n) is 2.49. The normalized spacial score (nSPS) is 10.4. The van der Waals surface area contributed by atoms with E-state index in [-0.39, 0.29) is 30.1 Å². The highest BCUT2D eigenvalue weighted by atomic mass is 19.1. The number of hydrazine groups is 1. The highest BCUT2D eigenvalue weighted by Crippen LogP contribution is 2.22. The maximum atomic E-state index is 13.0. The zero-order valence-electron chi connectivity index (χ0n) is 16.3. The van der Waals surface area contributed by atoms with Gasteiger partial charge in [-0.25, -0.2) is 4.39 Å². The van der Waals surface area contributed by atoms with Crippen LogP contribution in [0.4, 0.5) is 4.39 Å². The molecule has 9 nitrogen and oxygen atoms in total. The van der Waals surface area contributed by atoms with E-state index in [9.17, 15) is 14.0 Å². The van der Waals surface area contributed by atoms with Gasteiger partial charge in [0.25, 0.3) is 5.91 Å². The fraction of sp³-hybridized carbons (Fsp3) is 0.200. The number of hydrogen-bond acceptors (Lipinski definition) is 7. The quantitative estimate of drug-likeness (QED) is 0.570. The number of aromatic nitrogens is 2. The van der Waals surface area contributed by atoms with Crippen LogP contribution in [-0.2, 0) is 11.2 Å². The van der Waals surface area contributed by atoms with Crippen LogP contribution in [0.15, 0.2) is 47.0 Å². The Balaban J connectivity index is 1.51. The average molecular weight is 414 g/mol. The second-order valence-corrected chi connectivity index (χ2v) is 6.12. The van der Waals surface area contributed by atoms with Crippen LogP contribution in [0.3, 0.4) is 0 Å². The number of nitrogens with one attached hydrogen (secondary N) is 2. The van der Waals surface area contributed by atoms with Crippen molar-refractivity contribution < 1.29 is 28.0 Å². The minimum atomic E-state index is -0.531. The Morgan fingerprint density at radius 3 is 2.33 bits per heavy atom. The van der Waals surface area contributed by atoms with Crippen LogP contribution in [0.25, 0.3) is 11.4 Å². The molecule has 1 heterocycles. The predicted octanol–water partition coefficient (Wildman–Crippen LogP) is 2.29. The van der Waals surface area contributed by atoms with Gasteiger partial charge >= 0.3 is 0 Å². The fourth-order valence-corrected chi connectivity index (χ4v) is 2.49. The highest BCUT2D eigenvalue weighted by Gasteiger charge is 2.13. The molecule has 2 amide bonds. The van der Waals surface area contributed by atoms with Gasteiger partial charge in [-0.3, -0.25) is 20.4 Å². The third kappa shape index (κ3) is 5.31. The first-order valence-corrected chi connectivity index (χ1v) is 8.89. The Morgan fingerprint density at radius 1 is 1.03 bits per heavy atom. The summed E-state index contributed by atoms with van der Waals surface area (Å²) in [5.41, 5.74) is 5.49. The van der Waals surface area contributed by atoms with Crippen molar-refractivity contribution in [3.63, 3.8) is 0 Å². The van der Waals surface area contributed by atoms with Crippen LogP contribution in [0.2, 0.25) is 0 Å². The Morgan fingerprint density at radius 2 is 1.70 bits per heavy atom. The second-order valence-electron chi connectivity index (χ2n) is 6.12. The third-order valence-electron chi connectivity index (χ3n) is 4.07. The molecule has 0 saturated heterocycles. The van der Waals surface area contributed by atoms with Crippen molar-refractivity contribution in [1.82, 2.24) is 21.0 Å². The van der Waals surface area contributed by atoms with Crippen LogP contribution in [0, 0.1) is 5.82 Å². The van der Waals surface area contributed by atoms with Gasteiger partial charge in [0.05, 0.1) is 14.2 Å². The lowest BCUT2D eigenvalue weighted by Gasteiger charge is -2.10. The van der Waals surface area contributed by atoms with Crippen molar-refractivity contribution in [2.45, 2.75) is 12.8 Å². The van der Waals surface area contributed by atoms with Gasteiger partial charge < -0.3 is 14.0 Å². The molecule has 0 atom stereocenters. The molecule has 0 saturated carbocycles. The lowest BCUT2D eigenvalue weighted by molar-refractivity contribution is -0.121. The number of carbonyl (C=O) groups excluding carboxylic acids is 2. The Hall–Kier alpha value is -3.95. The lowest BCUT2D eigenvalue weighted by Crippen LogP contribution is -2.41. The Labute approximate surface area is 171 Å². The molecule has 2 N–H and O–H groups in total. The van der Waals surface area contributed by atoms with Crippen LogP contribution < -0.4 is 20.3 Å². The highest BCUT2D eigenvalue weighted by molar-refractivity contribution is 5.96. The monoisotopic (exact) mass is 414 g/mol. The van der Waals surface area contributed by atoms with E-state index < -0.39 is 11.8 Å². The smallest absolute Gasteiger partial charge is 0.269 e. The first-order chi connectivity index (χ1) is 14.5. The van der Waals surface area contributed by atoms with Crippen molar-refractivity contribution in [1.29, 1.82) is 0 Å². The summed E-state index contributed by atoms with van der Waals surface area (Å²) in [5.74, 6) is 0.0858. The van der Waals surface area contributed by atoms with Crippen molar-refractivity contribution in [2.24, 2.45) is 0 Å². The number of halogens is 1. The van der Waals surface area contributed by atoms with Crippen molar-refractivity contribution in [2.75, 3.05) is 14.2 Å². The summed E-state index contributed by atoms with van der Waals surface area (Å²) in [4.78, 5) is 28.4. The summed E-state index contributed by atoms with van der Waals surface area (Å²) in [6, 6.07) is 10.3. The van der Waals surface area contributed by atoms with Crippen LogP contribution in [0.5, 0.6) is 11.5 Å². The van der Waals surface area contributed by atoms with Crippen LogP contribution >= 0.6 is 0 Å². The van der Waals surface area contributed by atoms with E-state index in [1.165, 1.54) is 50.6 Å². The van der Waals surface area contributed by atoms with Crippen LogP contribution in [-0.4, -0.2) is 36.2 Å². The summed E-state index contributed by atoms with van der Waals surface area (Å²) in [6.45, 7) is 0. The molecule has 0 fully saturated rings. The molecule has 0 radical (unpaired) electrons. The number of nitrogens with zero attached hydrogens (tertiary/aromatic N) is 2. The molecule has 0 aliphatic rings. The summed E-state index contributed by atoms with van der Waals surface area (Å²) in [7, 11) is 2.94. The minimum absolute atomic E-state index is 0.00671. The average Bonchev–Trinajstić information content (AvgIpc) is 3.25. The van der Waals surface area contributed by atoms with E-state index in [0.29, 0.717) is 22.9 Å². The number of aryl methyl sites for hydroxylation is 1. The third-order valence-corrected chi connectivity index (χ3v) is 4.07. The molecule has 0 bridgehead atoms. The topological polar surface area (TPSA) is 116 Å². The number of hydrogen-bond donors (Lipinski definition) is 2. The van der Waals surface area contributed by atoms with Crippen molar-refractivity contribution in [3.05, 3.63) is 59.7 Å². The first-order valence-electron chi connectivity index (χ1n) is 8.89. The number of rotatable bonds is 7. The van der Waals surface area contributed by atoms with E-state index >= 15 is 0 Å². The second kappa shape index (κ2) is 9.50. The van der Waals surface area contributed by atoms with E-state index in [1.807, 2.05) is 0 Å². The minimum Gasteiger partial charge on any atom is -0.497 e. The van der Waals surface area contributed by atoms with Gasteiger partial charge in [0.2, 0.25) is 17.6 Å². The molecule has 2 aromatic carbocycles. The number of carbonyl (C=O) groups is 2. The largest absolute Gasteiger partial charge is 0.497 e. The standard InChI is InChI=1S/C20H19FN4O5/c1-28-15-9-13(10-16(11-15)29-2)20(27)24-23-17(26)7-8-18-22-19(25-30-18)12-3-5-14(21)6-4-12/h3-6,9-11H,7-8H2,1-2H3,(H,23,26)(H,24,27). The summed E-state index contributed by atoms with van der Waals surface area (Å²) in [5, 5.41) is 3.81. The van der Waals surface area contributed by atoms with Gasteiger partial charge in [0.15, 0.2) is 0 Å². The Bertz CT molecular complexity index is 1010. The van der Waals surface area contributed by atoms with Gasteiger partial charge in [0.1, 0.15) is 17.3 Å². The lowest BCUT2D eigenvalue weighted by atomic mass is 10.2. The number of amides is 2.